The Morgan fingerprint density at radius 2 is 1.21 bits per heavy atom. The van der Waals surface area contributed by atoms with E-state index in [4.69, 9.17) is 18.3 Å². The zero-order valence-corrected chi connectivity index (χ0v) is 14.0. The molecule has 0 bridgehead atoms. The van der Waals surface area contributed by atoms with Gasteiger partial charge in [-0.1, -0.05) is 0 Å². The van der Waals surface area contributed by atoms with Gasteiger partial charge in [0, 0.05) is 21.9 Å². The fourth-order valence-corrected chi connectivity index (χ4v) is 2.72. The first-order chi connectivity index (χ1) is 11.5. The summed E-state index contributed by atoms with van der Waals surface area (Å²) in [4.78, 5) is 23.9. The van der Waals surface area contributed by atoms with Crippen LogP contribution in [0.1, 0.15) is 46.1 Å². The minimum Gasteiger partial charge on any atom is -0.460 e. The maximum absolute atomic E-state index is 11.9. The van der Waals surface area contributed by atoms with Crippen molar-refractivity contribution >= 4 is 33.9 Å². The van der Waals surface area contributed by atoms with Gasteiger partial charge in [0.15, 0.2) is 0 Å². The lowest BCUT2D eigenvalue weighted by Gasteiger charge is -1.98. The Labute approximate surface area is 138 Å². The molecule has 0 spiro atoms. The average molecular weight is 330 g/mol. The van der Waals surface area contributed by atoms with E-state index in [0.717, 1.165) is 10.8 Å². The van der Waals surface area contributed by atoms with E-state index in [2.05, 4.69) is 0 Å². The molecular formula is C18H18O6. The van der Waals surface area contributed by atoms with Crippen molar-refractivity contribution in [2.75, 3.05) is 13.2 Å². The number of aryl methyl sites for hydroxylation is 2. The molecule has 6 heteroatoms. The zero-order valence-electron chi connectivity index (χ0n) is 14.0. The molecule has 0 amide bonds. The molecule has 0 aliphatic rings. The van der Waals surface area contributed by atoms with Crippen molar-refractivity contribution in [1.82, 2.24) is 0 Å². The van der Waals surface area contributed by atoms with Crippen LogP contribution in [0.25, 0.3) is 21.9 Å². The molecule has 1 aromatic carbocycles. The molecule has 0 saturated carbocycles. The van der Waals surface area contributed by atoms with Gasteiger partial charge in [-0.2, -0.15) is 0 Å². The molecule has 0 aliphatic carbocycles. The van der Waals surface area contributed by atoms with Crippen LogP contribution in [0.3, 0.4) is 0 Å². The summed E-state index contributed by atoms with van der Waals surface area (Å²) in [5.41, 5.74) is 2.44. The van der Waals surface area contributed by atoms with Gasteiger partial charge in [-0.15, -0.1) is 0 Å². The van der Waals surface area contributed by atoms with Crippen LogP contribution in [0.15, 0.2) is 21.0 Å². The lowest BCUT2D eigenvalue weighted by atomic mass is 10.1. The van der Waals surface area contributed by atoms with E-state index in [1.807, 2.05) is 0 Å². The molecule has 24 heavy (non-hydrogen) atoms. The number of esters is 2. The minimum atomic E-state index is -0.494. The van der Waals surface area contributed by atoms with Gasteiger partial charge < -0.3 is 18.3 Å². The molecule has 0 radical (unpaired) electrons. The van der Waals surface area contributed by atoms with Crippen LogP contribution in [0.5, 0.6) is 0 Å². The summed E-state index contributed by atoms with van der Waals surface area (Å²) < 4.78 is 21.3. The van der Waals surface area contributed by atoms with E-state index >= 15 is 0 Å². The predicted molar refractivity (Wildman–Crippen MR) is 87.4 cm³/mol. The van der Waals surface area contributed by atoms with Crippen LogP contribution in [0, 0.1) is 13.8 Å². The number of carbonyl (C=O) groups is 2. The van der Waals surface area contributed by atoms with Crippen molar-refractivity contribution in [3.05, 3.63) is 34.8 Å². The van der Waals surface area contributed by atoms with Crippen molar-refractivity contribution in [3.8, 4) is 0 Å². The SMILES string of the molecule is CCOC(=O)c1oc2cc3c(C)c(C(=O)OCC)oc3cc2c1C. The maximum Gasteiger partial charge on any atom is 0.374 e. The minimum absolute atomic E-state index is 0.183. The topological polar surface area (TPSA) is 78.9 Å². The smallest absolute Gasteiger partial charge is 0.374 e. The van der Waals surface area contributed by atoms with E-state index in [0.29, 0.717) is 22.3 Å². The monoisotopic (exact) mass is 330 g/mol. The molecule has 126 valence electrons. The molecule has 6 nitrogen and oxygen atoms in total. The number of ether oxygens (including phenoxy) is 2. The highest BCUT2D eigenvalue weighted by molar-refractivity contribution is 6.04. The summed E-state index contributed by atoms with van der Waals surface area (Å²) in [5, 5.41) is 1.49. The van der Waals surface area contributed by atoms with Crippen LogP contribution in [0.2, 0.25) is 0 Å². The lowest BCUT2D eigenvalue weighted by Crippen LogP contribution is -2.04. The van der Waals surface area contributed by atoms with Crippen molar-refractivity contribution < 1.29 is 27.9 Å². The van der Waals surface area contributed by atoms with E-state index in [-0.39, 0.29) is 24.7 Å². The summed E-state index contributed by atoms with van der Waals surface area (Å²) in [6.45, 7) is 7.60. The van der Waals surface area contributed by atoms with E-state index in [1.165, 1.54) is 0 Å². The Morgan fingerprint density at radius 3 is 1.54 bits per heavy atom. The van der Waals surface area contributed by atoms with Crippen LogP contribution in [-0.2, 0) is 9.47 Å². The predicted octanol–water partition coefficient (Wildman–Crippen LogP) is 4.15. The Balaban J connectivity index is 2.16. The number of hydrogen-bond acceptors (Lipinski definition) is 6. The summed E-state index contributed by atoms with van der Waals surface area (Å²) in [6, 6.07) is 3.53. The van der Waals surface area contributed by atoms with Crippen molar-refractivity contribution in [2.45, 2.75) is 27.7 Å². The van der Waals surface area contributed by atoms with E-state index in [9.17, 15) is 9.59 Å². The first kappa shape index (κ1) is 16.1. The summed E-state index contributed by atoms with van der Waals surface area (Å²) in [5.74, 6) is -0.621. The van der Waals surface area contributed by atoms with Crippen LogP contribution in [-0.4, -0.2) is 25.2 Å². The quantitative estimate of drug-likeness (QED) is 0.669. The van der Waals surface area contributed by atoms with Gasteiger partial charge in [-0.25, -0.2) is 9.59 Å². The fourth-order valence-electron chi connectivity index (χ4n) is 2.72. The highest BCUT2D eigenvalue weighted by atomic mass is 16.5. The second-order valence-electron chi connectivity index (χ2n) is 5.40. The normalized spacial score (nSPS) is 11.2. The van der Waals surface area contributed by atoms with Gasteiger partial charge in [0.1, 0.15) is 11.2 Å². The van der Waals surface area contributed by atoms with E-state index in [1.54, 1.807) is 39.8 Å². The number of hydrogen-bond donors (Lipinski definition) is 0. The summed E-state index contributed by atoms with van der Waals surface area (Å²) in [6.07, 6.45) is 0. The first-order valence-corrected chi connectivity index (χ1v) is 7.78. The molecule has 2 aromatic heterocycles. The number of carbonyl (C=O) groups excluding carboxylic acids is 2. The third kappa shape index (κ3) is 2.44. The van der Waals surface area contributed by atoms with Crippen LogP contribution >= 0.6 is 0 Å². The molecular weight excluding hydrogens is 312 g/mol. The molecule has 0 saturated heterocycles. The van der Waals surface area contributed by atoms with Gasteiger partial charge in [-0.3, -0.25) is 0 Å². The fraction of sp³-hybridized carbons (Fsp3) is 0.333. The summed E-state index contributed by atoms with van der Waals surface area (Å²) in [7, 11) is 0. The molecule has 0 fully saturated rings. The first-order valence-electron chi connectivity index (χ1n) is 7.78. The third-order valence-electron chi connectivity index (χ3n) is 3.92. The molecule has 2 heterocycles. The molecule has 0 atom stereocenters. The molecule has 0 N–H and O–H groups in total. The van der Waals surface area contributed by atoms with E-state index < -0.39 is 11.9 Å². The highest BCUT2D eigenvalue weighted by Gasteiger charge is 2.23. The van der Waals surface area contributed by atoms with Crippen LogP contribution < -0.4 is 0 Å². The second kappa shape index (κ2) is 6.03. The van der Waals surface area contributed by atoms with Gasteiger partial charge in [0.05, 0.1) is 13.2 Å². The van der Waals surface area contributed by atoms with Gasteiger partial charge in [0.2, 0.25) is 11.5 Å². The second-order valence-corrected chi connectivity index (χ2v) is 5.40. The van der Waals surface area contributed by atoms with Gasteiger partial charge >= 0.3 is 11.9 Å². The number of fused-ring (bicyclic) bond motifs is 2. The highest BCUT2D eigenvalue weighted by Crippen LogP contribution is 2.34. The van der Waals surface area contributed by atoms with Gasteiger partial charge in [-0.05, 0) is 39.8 Å². The standard InChI is InChI=1S/C18H18O6/c1-5-21-17(19)15-9(3)11-7-14-12(8-13(11)23-15)10(4)16(24-14)18(20)22-6-2/h7-8H,5-6H2,1-4H3. The Morgan fingerprint density at radius 1 is 0.833 bits per heavy atom. The maximum atomic E-state index is 11.9. The third-order valence-corrected chi connectivity index (χ3v) is 3.92. The average Bonchev–Trinajstić information content (AvgIpc) is 3.04. The number of rotatable bonds is 4. The Kier molecular flexibility index (Phi) is 4.05. The van der Waals surface area contributed by atoms with Gasteiger partial charge in [0.25, 0.3) is 0 Å². The zero-order chi connectivity index (χ0) is 17.4. The van der Waals surface area contributed by atoms with Crippen molar-refractivity contribution in [1.29, 1.82) is 0 Å². The number of benzene rings is 1. The lowest BCUT2D eigenvalue weighted by molar-refractivity contribution is 0.0483. The van der Waals surface area contributed by atoms with Crippen LogP contribution in [0.4, 0.5) is 0 Å². The molecule has 3 rings (SSSR count). The Hall–Kier alpha value is -2.76. The molecule has 0 aliphatic heterocycles. The largest absolute Gasteiger partial charge is 0.460 e. The number of furan rings is 2. The van der Waals surface area contributed by atoms with Crippen molar-refractivity contribution in [3.63, 3.8) is 0 Å². The molecule has 3 aromatic rings. The van der Waals surface area contributed by atoms with Crippen molar-refractivity contribution in [2.24, 2.45) is 0 Å². The Bertz CT molecular complexity index is 865. The summed E-state index contributed by atoms with van der Waals surface area (Å²) >= 11 is 0. The molecule has 0 unspecified atom stereocenters.